The third-order valence-corrected chi connectivity index (χ3v) is 8.38. The SMILES string of the molecule is CCCC[N+](CCCC)(CCCC)CCCC.COC[C@@H]1NC(=O)[C@@H]2[C@H]1C[C@@H]1CN2C(=O)N1OS(=O)(=O)[O-]. The van der Waals surface area contributed by atoms with Crippen molar-refractivity contribution in [3.63, 3.8) is 0 Å². The normalized spacial score (nSPS) is 24.8. The van der Waals surface area contributed by atoms with E-state index in [4.69, 9.17) is 4.74 Å². The number of hydroxylamine groups is 2. The average Bonchev–Trinajstić information content (AvgIpc) is 3.31. The van der Waals surface area contributed by atoms with Gasteiger partial charge in [0.15, 0.2) is 0 Å². The molecule has 3 fully saturated rings. The van der Waals surface area contributed by atoms with Crippen molar-refractivity contribution in [3.05, 3.63) is 0 Å². The molecule has 0 unspecified atom stereocenters. The monoisotopic (exact) mass is 562 g/mol. The summed E-state index contributed by atoms with van der Waals surface area (Å²) in [5, 5.41) is 3.34. The number of carbonyl (C=O) groups is 2. The Morgan fingerprint density at radius 1 is 0.947 bits per heavy atom. The van der Waals surface area contributed by atoms with E-state index in [0.29, 0.717) is 18.1 Å². The lowest BCUT2D eigenvalue weighted by Gasteiger charge is -2.39. The Hall–Kier alpha value is -1.47. The zero-order chi connectivity index (χ0) is 28.3. The Morgan fingerprint density at radius 2 is 1.45 bits per heavy atom. The lowest BCUT2D eigenvalue weighted by atomic mass is 9.86. The molecule has 3 saturated heterocycles. The predicted octanol–water partition coefficient (Wildman–Crippen LogP) is 3.02. The van der Waals surface area contributed by atoms with E-state index in [1.165, 1.54) is 94.0 Å². The van der Waals surface area contributed by atoms with E-state index in [0.717, 1.165) is 0 Å². The molecular formula is C26H50N4O7S. The molecule has 222 valence electrons. The average molecular weight is 563 g/mol. The van der Waals surface area contributed by atoms with E-state index >= 15 is 0 Å². The Labute approximate surface area is 229 Å². The summed E-state index contributed by atoms with van der Waals surface area (Å²) in [6.45, 7) is 15.5. The van der Waals surface area contributed by atoms with E-state index in [2.05, 4.69) is 37.3 Å². The van der Waals surface area contributed by atoms with Crippen LogP contribution < -0.4 is 5.32 Å². The topological polar surface area (TPSA) is 128 Å². The molecule has 0 aromatic heterocycles. The lowest BCUT2D eigenvalue weighted by molar-refractivity contribution is -0.929. The molecule has 0 aromatic carbocycles. The molecule has 11 nitrogen and oxygen atoms in total. The first-order valence-corrected chi connectivity index (χ1v) is 15.8. The summed E-state index contributed by atoms with van der Waals surface area (Å²) in [5.74, 6) is -0.510. The van der Waals surface area contributed by atoms with Crippen molar-refractivity contribution in [1.29, 1.82) is 0 Å². The fourth-order valence-corrected chi connectivity index (χ4v) is 6.40. The molecule has 0 aromatic rings. The third kappa shape index (κ3) is 8.77. The maximum Gasteiger partial charge on any atom is 0.346 e. The summed E-state index contributed by atoms with van der Waals surface area (Å²) in [7, 11) is -3.54. The van der Waals surface area contributed by atoms with E-state index < -0.39 is 28.5 Å². The maximum absolute atomic E-state index is 12.1. The van der Waals surface area contributed by atoms with Crippen molar-refractivity contribution in [2.45, 2.75) is 104 Å². The van der Waals surface area contributed by atoms with Gasteiger partial charge in [0.25, 0.3) is 0 Å². The minimum atomic E-state index is -5.04. The highest BCUT2D eigenvalue weighted by atomic mass is 32.3. The number of unbranched alkanes of at least 4 members (excludes halogenated alkanes) is 4. The summed E-state index contributed by atoms with van der Waals surface area (Å²) >= 11 is 0. The van der Waals surface area contributed by atoms with E-state index in [1.54, 1.807) is 0 Å². The van der Waals surface area contributed by atoms with Gasteiger partial charge in [0, 0.05) is 19.6 Å². The summed E-state index contributed by atoms with van der Waals surface area (Å²) < 4.78 is 42.8. The van der Waals surface area contributed by atoms with Gasteiger partial charge in [-0.1, -0.05) is 53.4 Å². The number of nitrogens with one attached hydrogen (secondary N) is 1. The fraction of sp³-hybridized carbons (Fsp3) is 0.923. The number of nitrogens with zero attached hydrogens (tertiary/aromatic N) is 3. The molecule has 3 heterocycles. The standard InChI is InChI=1S/C16H36N.C10H15N3O7S/c1-5-9-13-17(14-10-6-2,15-11-7-3)16-12-8-4;1-19-4-7-6-2-5-3-12(8(6)9(14)11-7)10(15)13(5)20-21(16,17)18/h5-16H2,1-4H3;5-8H,2-4H2,1H3,(H,11,14)(H,16,17,18)/q+1;/p-1/t;5-,6+,7+,8+/m.1/s1. The van der Waals surface area contributed by atoms with E-state index in [-0.39, 0.29) is 24.4 Å². The number of methoxy groups -OCH3 is 1. The number of ether oxygens (including phenoxy) is 1. The second-order valence-corrected chi connectivity index (χ2v) is 11.9. The maximum atomic E-state index is 12.1. The molecule has 0 spiro atoms. The molecule has 4 atom stereocenters. The van der Waals surface area contributed by atoms with E-state index in [1.807, 2.05) is 0 Å². The summed E-state index contributed by atoms with van der Waals surface area (Å²) in [6.07, 6.45) is 11.4. The van der Waals surface area contributed by atoms with Crippen LogP contribution in [0.2, 0.25) is 0 Å². The van der Waals surface area contributed by atoms with Crippen molar-refractivity contribution in [3.8, 4) is 0 Å². The van der Waals surface area contributed by atoms with Gasteiger partial charge in [-0.2, -0.15) is 9.35 Å². The molecule has 12 heteroatoms. The minimum Gasteiger partial charge on any atom is -0.724 e. The largest absolute Gasteiger partial charge is 0.724 e. The lowest BCUT2D eigenvalue weighted by Crippen LogP contribution is -2.50. The van der Waals surface area contributed by atoms with Crippen LogP contribution in [0.1, 0.15) is 85.5 Å². The number of urea groups is 1. The molecule has 3 rings (SSSR count). The highest BCUT2D eigenvalue weighted by molar-refractivity contribution is 7.80. The first-order chi connectivity index (χ1) is 18.1. The molecule has 3 aliphatic rings. The Balaban J connectivity index is 0.000000275. The van der Waals surface area contributed by atoms with Crippen LogP contribution in [0.25, 0.3) is 0 Å². The van der Waals surface area contributed by atoms with Crippen LogP contribution in [0, 0.1) is 5.92 Å². The van der Waals surface area contributed by atoms with Crippen molar-refractivity contribution < 1.29 is 36.1 Å². The molecule has 2 bridgehead atoms. The van der Waals surface area contributed by atoms with E-state index in [9.17, 15) is 22.6 Å². The van der Waals surface area contributed by atoms with Gasteiger partial charge in [-0.15, -0.1) is 0 Å². The zero-order valence-corrected chi connectivity index (χ0v) is 24.8. The quantitative estimate of drug-likeness (QED) is 0.174. The van der Waals surface area contributed by atoms with Gasteiger partial charge in [-0.25, -0.2) is 13.2 Å². The van der Waals surface area contributed by atoms with Gasteiger partial charge in [0.2, 0.25) is 16.3 Å². The second kappa shape index (κ2) is 15.4. The molecule has 0 radical (unpaired) electrons. The van der Waals surface area contributed by atoms with Crippen LogP contribution in [0.4, 0.5) is 4.79 Å². The minimum absolute atomic E-state index is 0.155. The molecule has 38 heavy (non-hydrogen) atoms. The fourth-order valence-electron chi connectivity index (χ4n) is 6.02. The summed E-state index contributed by atoms with van der Waals surface area (Å²) in [5.41, 5.74) is 0. The van der Waals surface area contributed by atoms with Crippen LogP contribution in [0.3, 0.4) is 0 Å². The number of amides is 3. The number of carbonyl (C=O) groups excluding carboxylic acids is 2. The smallest absolute Gasteiger partial charge is 0.346 e. The van der Waals surface area contributed by atoms with Crippen LogP contribution in [-0.4, -0.2) is 104 Å². The number of piperidine rings is 1. The van der Waals surface area contributed by atoms with Gasteiger partial charge < -0.3 is 24.0 Å². The van der Waals surface area contributed by atoms with Crippen LogP contribution in [-0.2, 0) is 24.2 Å². The third-order valence-electron chi connectivity index (χ3n) is 8.03. The Bertz CT molecular complexity index is 819. The highest BCUT2D eigenvalue weighted by Crippen LogP contribution is 2.38. The number of fused-ring (bicyclic) bond motifs is 4. The van der Waals surface area contributed by atoms with Gasteiger partial charge in [-0.05, 0) is 32.1 Å². The van der Waals surface area contributed by atoms with Gasteiger partial charge >= 0.3 is 6.03 Å². The first-order valence-electron chi connectivity index (χ1n) is 14.5. The molecule has 3 amide bonds. The number of hydrogen-bond donors (Lipinski definition) is 1. The second-order valence-electron chi connectivity index (χ2n) is 11.0. The number of quaternary nitrogens is 1. The molecule has 0 saturated carbocycles. The van der Waals surface area contributed by atoms with Gasteiger partial charge in [0.1, 0.15) is 6.04 Å². The molecular weight excluding hydrogens is 512 g/mol. The van der Waals surface area contributed by atoms with Gasteiger partial charge in [-0.3, -0.25) is 4.79 Å². The predicted molar refractivity (Wildman–Crippen MR) is 144 cm³/mol. The molecule has 1 N–H and O–H groups in total. The summed E-state index contributed by atoms with van der Waals surface area (Å²) in [4.78, 5) is 25.4. The van der Waals surface area contributed by atoms with Crippen LogP contribution in [0.15, 0.2) is 0 Å². The zero-order valence-electron chi connectivity index (χ0n) is 24.0. The van der Waals surface area contributed by atoms with Crippen molar-refractivity contribution >= 4 is 22.3 Å². The summed E-state index contributed by atoms with van der Waals surface area (Å²) in [6, 6.07) is -2.29. The van der Waals surface area contributed by atoms with Crippen molar-refractivity contribution in [2.75, 3.05) is 46.4 Å². The molecule has 3 aliphatic heterocycles. The van der Waals surface area contributed by atoms with Crippen molar-refractivity contribution in [1.82, 2.24) is 15.3 Å². The van der Waals surface area contributed by atoms with Gasteiger partial charge in [0.05, 0.1) is 44.9 Å². The van der Waals surface area contributed by atoms with Crippen molar-refractivity contribution in [2.24, 2.45) is 5.92 Å². The van der Waals surface area contributed by atoms with Crippen LogP contribution in [0.5, 0.6) is 0 Å². The number of rotatable bonds is 16. The number of hydrogen-bond acceptors (Lipinski definition) is 7. The van der Waals surface area contributed by atoms with Crippen LogP contribution >= 0.6 is 0 Å². The first kappa shape index (κ1) is 32.7. The molecule has 0 aliphatic carbocycles. The highest BCUT2D eigenvalue weighted by Gasteiger charge is 2.57. The Kier molecular flexibility index (Phi) is 13.2. The Morgan fingerprint density at radius 3 is 1.87 bits per heavy atom.